The fourth-order valence-corrected chi connectivity index (χ4v) is 3.36. The van der Waals surface area contributed by atoms with Crippen molar-refractivity contribution in [2.24, 2.45) is 5.92 Å². The maximum Gasteiger partial charge on any atom is 0.258 e. The van der Waals surface area contributed by atoms with Gasteiger partial charge in [0.2, 0.25) is 12.3 Å². The van der Waals surface area contributed by atoms with E-state index < -0.39 is 0 Å². The minimum Gasteiger partial charge on any atom is -0.490 e. The minimum absolute atomic E-state index is 0.0896. The van der Waals surface area contributed by atoms with Crippen molar-refractivity contribution < 1.29 is 23.4 Å². The van der Waals surface area contributed by atoms with Gasteiger partial charge in [-0.15, -0.1) is 10.2 Å². The van der Waals surface area contributed by atoms with Gasteiger partial charge in [0.15, 0.2) is 18.1 Å². The summed E-state index contributed by atoms with van der Waals surface area (Å²) in [5.74, 6) is 2.44. The lowest BCUT2D eigenvalue weighted by Crippen LogP contribution is -2.35. The Balaban J connectivity index is 1.37. The monoisotopic (exact) mass is 423 g/mol. The summed E-state index contributed by atoms with van der Waals surface area (Å²) >= 11 is 0. The number of carbonyl (C=O) groups is 1. The Bertz CT molecular complexity index is 1000. The lowest BCUT2D eigenvalue weighted by Gasteiger charge is -2.24. The Morgan fingerprint density at radius 2 is 1.87 bits per heavy atom. The highest BCUT2D eigenvalue weighted by Crippen LogP contribution is 2.34. The first kappa shape index (κ1) is 20.7. The van der Waals surface area contributed by atoms with Crippen LogP contribution in [-0.2, 0) is 4.79 Å². The van der Waals surface area contributed by atoms with Gasteiger partial charge < -0.3 is 23.9 Å². The molecule has 0 unspecified atom stereocenters. The van der Waals surface area contributed by atoms with Crippen molar-refractivity contribution in [3.05, 3.63) is 54.4 Å². The number of fused-ring (bicyclic) bond motifs is 1. The van der Waals surface area contributed by atoms with Gasteiger partial charge in [0, 0.05) is 12.0 Å². The number of rotatable bonds is 7. The third kappa shape index (κ3) is 5.14. The van der Waals surface area contributed by atoms with E-state index in [1.165, 1.54) is 6.39 Å². The van der Waals surface area contributed by atoms with E-state index in [0.717, 1.165) is 23.3 Å². The maximum absolute atomic E-state index is 12.6. The van der Waals surface area contributed by atoms with Crippen molar-refractivity contribution in [2.75, 3.05) is 19.8 Å². The predicted octanol–water partition coefficient (Wildman–Crippen LogP) is 3.79. The lowest BCUT2D eigenvalue weighted by atomic mass is 9.95. The van der Waals surface area contributed by atoms with Gasteiger partial charge in [-0.2, -0.15) is 0 Å². The van der Waals surface area contributed by atoms with Crippen LogP contribution in [0.2, 0.25) is 0 Å². The molecule has 1 amide bonds. The molecular weight excluding hydrogens is 398 g/mol. The molecule has 2 aromatic carbocycles. The molecule has 0 fully saturated rings. The molecule has 0 aliphatic carbocycles. The van der Waals surface area contributed by atoms with Gasteiger partial charge in [-0.05, 0) is 47.9 Å². The summed E-state index contributed by atoms with van der Waals surface area (Å²) in [5.41, 5.74) is 1.75. The summed E-state index contributed by atoms with van der Waals surface area (Å²) < 4.78 is 22.3. The normalized spacial score (nSPS) is 14.0. The molecule has 8 nitrogen and oxygen atoms in total. The molecule has 8 heteroatoms. The van der Waals surface area contributed by atoms with E-state index in [4.69, 9.17) is 18.6 Å². The molecule has 3 aromatic rings. The van der Waals surface area contributed by atoms with Gasteiger partial charge in [0.1, 0.15) is 5.75 Å². The van der Waals surface area contributed by atoms with Crippen molar-refractivity contribution in [1.29, 1.82) is 0 Å². The first-order chi connectivity index (χ1) is 15.1. The molecular formula is C23H25N3O5. The van der Waals surface area contributed by atoms with E-state index in [9.17, 15) is 4.79 Å². The van der Waals surface area contributed by atoms with Crippen LogP contribution >= 0.6 is 0 Å². The van der Waals surface area contributed by atoms with Crippen molar-refractivity contribution in [3.63, 3.8) is 0 Å². The standard InChI is InChI=1S/C23H25N3O5/c1-15(2)22(17-6-9-19-20(12-17)29-11-3-10-28-19)25-21(27)13-30-18-7-4-16(5-8-18)23-26-24-14-31-23/h4-9,12,14-15,22H,3,10-11,13H2,1-2H3,(H,25,27)/t22-/m0/s1. The van der Waals surface area contributed by atoms with Crippen LogP contribution < -0.4 is 19.5 Å². The molecule has 0 saturated heterocycles. The highest BCUT2D eigenvalue weighted by molar-refractivity contribution is 5.78. The van der Waals surface area contributed by atoms with E-state index in [1.54, 1.807) is 24.3 Å². The van der Waals surface area contributed by atoms with E-state index in [1.807, 2.05) is 18.2 Å². The highest BCUT2D eigenvalue weighted by Gasteiger charge is 2.21. The van der Waals surface area contributed by atoms with E-state index in [2.05, 4.69) is 29.4 Å². The van der Waals surface area contributed by atoms with Gasteiger partial charge in [0.05, 0.1) is 19.3 Å². The Hall–Kier alpha value is -3.55. The molecule has 1 aliphatic rings. The number of ether oxygens (including phenoxy) is 3. The van der Waals surface area contributed by atoms with Crippen LogP contribution in [0.25, 0.3) is 11.5 Å². The number of nitrogens with zero attached hydrogens (tertiary/aromatic N) is 2. The fourth-order valence-electron chi connectivity index (χ4n) is 3.36. The zero-order chi connectivity index (χ0) is 21.6. The molecule has 2 heterocycles. The van der Waals surface area contributed by atoms with Gasteiger partial charge in [-0.3, -0.25) is 4.79 Å². The average Bonchev–Trinajstić information content (AvgIpc) is 3.21. The van der Waals surface area contributed by atoms with Crippen molar-refractivity contribution in [2.45, 2.75) is 26.3 Å². The average molecular weight is 423 g/mol. The molecule has 0 saturated carbocycles. The van der Waals surface area contributed by atoms with Crippen LogP contribution in [0.4, 0.5) is 0 Å². The number of amides is 1. The zero-order valence-corrected chi connectivity index (χ0v) is 17.5. The van der Waals surface area contributed by atoms with E-state index in [0.29, 0.717) is 30.6 Å². The van der Waals surface area contributed by atoms with Gasteiger partial charge in [-0.25, -0.2) is 0 Å². The van der Waals surface area contributed by atoms with Crippen LogP contribution in [0.15, 0.2) is 53.3 Å². The number of hydrogen-bond donors (Lipinski definition) is 1. The largest absolute Gasteiger partial charge is 0.490 e. The van der Waals surface area contributed by atoms with Crippen molar-refractivity contribution in [3.8, 4) is 28.7 Å². The third-order valence-corrected chi connectivity index (χ3v) is 4.95. The summed E-state index contributed by atoms with van der Waals surface area (Å²) in [6.45, 7) is 5.29. The molecule has 31 heavy (non-hydrogen) atoms. The SMILES string of the molecule is CC(C)[C@H](NC(=O)COc1ccc(-c2nnco2)cc1)c1ccc2c(c1)OCCCO2. The smallest absolute Gasteiger partial charge is 0.258 e. The topological polar surface area (TPSA) is 95.7 Å². The van der Waals surface area contributed by atoms with E-state index >= 15 is 0 Å². The molecule has 162 valence electrons. The second-order valence-corrected chi connectivity index (χ2v) is 7.60. The summed E-state index contributed by atoms with van der Waals surface area (Å²) in [6, 6.07) is 12.8. The number of carbonyl (C=O) groups excluding carboxylic acids is 1. The minimum atomic E-state index is -0.202. The summed E-state index contributed by atoms with van der Waals surface area (Å²) in [4.78, 5) is 12.6. The van der Waals surface area contributed by atoms with Crippen LogP contribution in [-0.4, -0.2) is 35.9 Å². The molecule has 1 atom stereocenters. The number of benzene rings is 2. The molecule has 1 aromatic heterocycles. The second-order valence-electron chi connectivity index (χ2n) is 7.60. The van der Waals surface area contributed by atoms with Crippen LogP contribution in [0.5, 0.6) is 17.2 Å². The van der Waals surface area contributed by atoms with Crippen molar-refractivity contribution in [1.82, 2.24) is 15.5 Å². The van der Waals surface area contributed by atoms with Crippen molar-refractivity contribution >= 4 is 5.91 Å². The molecule has 0 bridgehead atoms. The quantitative estimate of drug-likeness (QED) is 0.618. The molecule has 4 rings (SSSR count). The van der Waals surface area contributed by atoms with Crippen LogP contribution in [0.1, 0.15) is 31.9 Å². The zero-order valence-electron chi connectivity index (χ0n) is 17.5. The Kier molecular flexibility index (Phi) is 6.35. The number of aromatic nitrogens is 2. The van der Waals surface area contributed by atoms with Gasteiger partial charge in [0.25, 0.3) is 5.91 Å². The molecule has 1 aliphatic heterocycles. The van der Waals surface area contributed by atoms with Gasteiger partial charge >= 0.3 is 0 Å². The molecule has 0 spiro atoms. The predicted molar refractivity (Wildman–Crippen MR) is 113 cm³/mol. The lowest BCUT2D eigenvalue weighted by molar-refractivity contribution is -0.124. The maximum atomic E-state index is 12.6. The highest BCUT2D eigenvalue weighted by atomic mass is 16.5. The molecule has 1 N–H and O–H groups in total. The first-order valence-electron chi connectivity index (χ1n) is 10.3. The summed E-state index contributed by atoms with van der Waals surface area (Å²) in [5, 5.41) is 10.6. The van der Waals surface area contributed by atoms with Crippen LogP contribution in [0, 0.1) is 5.92 Å². The van der Waals surface area contributed by atoms with Crippen LogP contribution in [0.3, 0.4) is 0 Å². The first-order valence-corrected chi connectivity index (χ1v) is 10.3. The van der Waals surface area contributed by atoms with Gasteiger partial charge in [-0.1, -0.05) is 19.9 Å². The molecule has 0 radical (unpaired) electrons. The summed E-state index contributed by atoms with van der Waals surface area (Å²) in [7, 11) is 0. The number of nitrogens with one attached hydrogen (secondary N) is 1. The summed E-state index contributed by atoms with van der Waals surface area (Å²) in [6.07, 6.45) is 2.13. The number of hydrogen-bond acceptors (Lipinski definition) is 7. The van der Waals surface area contributed by atoms with E-state index in [-0.39, 0.29) is 24.5 Å². The Morgan fingerprint density at radius 3 is 2.58 bits per heavy atom. The third-order valence-electron chi connectivity index (χ3n) is 4.95. The second kappa shape index (κ2) is 9.51. The Morgan fingerprint density at radius 1 is 1.10 bits per heavy atom. The fraction of sp³-hybridized carbons (Fsp3) is 0.348. The Labute approximate surface area is 180 Å².